The van der Waals surface area contributed by atoms with Gasteiger partial charge in [0.15, 0.2) is 5.96 Å². The highest BCUT2D eigenvalue weighted by Crippen LogP contribution is 2.14. The maximum absolute atomic E-state index is 11.3. The van der Waals surface area contributed by atoms with E-state index in [0.29, 0.717) is 25.6 Å². The average Bonchev–Trinajstić information content (AvgIpc) is 2.76. The number of nitrogens with one attached hydrogen (secondary N) is 2. The van der Waals surface area contributed by atoms with Gasteiger partial charge in [0.2, 0.25) is 10.0 Å². The van der Waals surface area contributed by atoms with Crippen molar-refractivity contribution in [3.63, 3.8) is 0 Å². The minimum atomic E-state index is -3.15. The van der Waals surface area contributed by atoms with E-state index in [2.05, 4.69) is 37.0 Å². The molecule has 134 valence electrons. The first-order valence-electron chi connectivity index (χ1n) is 6.99. The van der Waals surface area contributed by atoms with Gasteiger partial charge in [0.05, 0.1) is 12.3 Å². The summed E-state index contributed by atoms with van der Waals surface area (Å²) in [5.41, 5.74) is 1.14. The van der Waals surface area contributed by atoms with E-state index in [1.165, 1.54) is 0 Å². The SMILES string of the molecule is CCS(=O)(=O)NCCNC(=NC)N(C)Cc1cc(Br)cn1C.I. The molecule has 0 unspecified atom stereocenters. The molecule has 0 fully saturated rings. The van der Waals surface area contributed by atoms with Gasteiger partial charge in [-0.05, 0) is 28.9 Å². The summed E-state index contributed by atoms with van der Waals surface area (Å²) in [6.07, 6.45) is 2.00. The van der Waals surface area contributed by atoms with Crippen LogP contribution in [0, 0.1) is 0 Å². The lowest BCUT2D eigenvalue weighted by atomic mass is 10.4. The minimum Gasteiger partial charge on any atom is -0.355 e. The van der Waals surface area contributed by atoms with Gasteiger partial charge in [-0.15, -0.1) is 24.0 Å². The van der Waals surface area contributed by atoms with Gasteiger partial charge in [-0.3, -0.25) is 4.99 Å². The summed E-state index contributed by atoms with van der Waals surface area (Å²) < 4.78 is 28.3. The molecule has 0 aliphatic heterocycles. The summed E-state index contributed by atoms with van der Waals surface area (Å²) in [5, 5.41) is 3.14. The quantitative estimate of drug-likeness (QED) is 0.246. The largest absolute Gasteiger partial charge is 0.355 e. The molecule has 0 aliphatic rings. The van der Waals surface area contributed by atoms with Gasteiger partial charge in [0.25, 0.3) is 0 Å². The monoisotopic (exact) mass is 521 g/mol. The van der Waals surface area contributed by atoms with Gasteiger partial charge in [0, 0.05) is 50.6 Å². The smallest absolute Gasteiger partial charge is 0.211 e. The molecular weight excluding hydrogens is 497 g/mol. The zero-order valence-corrected chi connectivity index (χ0v) is 18.6. The third kappa shape index (κ3) is 7.86. The molecule has 23 heavy (non-hydrogen) atoms. The molecule has 0 aliphatic carbocycles. The van der Waals surface area contributed by atoms with E-state index in [9.17, 15) is 8.42 Å². The number of aromatic nitrogens is 1. The van der Waals surface area contributed by atoms with Gasteiger partial charge >= 0.3 is 0 Å². The van der Waals surface area contributed by atoms with E-state index in [1.807, 2.05) is 29.8 Å². The molecule has 1 aromatic heterocycles. The fourth-order valence-corrected chi connectivity index (χ4v) is 3.10. The Morgan fingerprint density at radius 3 is 2.57 bits per heavy atom. The summed E-state index contributed by atoms with van der Waals surface area (Å²) in [4.78, 5) is 6.19. The highest BCUT2D eigenvalue weighted by atomic mass is 127. The number of rotatable bonds is 7. The van der Waals surface area contributed by atoms with E-state index >= 15 is 0 Å². The van der Waals surface area contributed by atoms with Crippen LogP contribution in [0.2, 0.25) is 0 Å². The lowest BCUT2D eigenvalue weighted by molar-refractivity contribution is 0.462. The highest BCUT2D eigenvalue weighted by Gasteiger charge is 2.10. The number of sulfonamides is 1. The van der Waals surface area contributed by atoms with Crippen LogP contribution in [0.25, 0.3) is 0 Å². The van der Waals surface area contributed by atoms with Crippen molar-refractivity contribution in [2.24, 2.45) is 12.0 Å². The minimum absolute atomic E-state index is 0. The van der Waals surface area contributed by atoms with Crippen molar-refractivity contribution in [1.82, 2.24) is 19.5 Å². The van der Waals surface area contributed by atoms with E-state index in [1.54, 1.807) is 14.0 Å². The molecule has 7 nitrogen and oxygen atoms in total. The van der Waals surface area contributed by atoms with Crippen molar-refractivity contribution in [2.75, 3.05) is 32.9 Å². The van der Waals surface area contributed by atoms with Crippen LogP contribution in [0.15, 0.2) is 21.7 Å². The van der Waals surface area contributed by atoms with Crippen LogP contribution >= 0.6 is 39.9 Å². The number of halogens is 2. The Labute approximate surface area is 164 Å². The topological polar surface area (TPSA) is 78.7 Å². The van der Waals surface area contributed by atoms with Crippen LogP contribution in [0.4, 0.5) is 0 Å². The van der Waals surface area contributed by atoms with E-state index in [0.717, 1.165) is 10.2 Å². The molecule has 1 aromatic rings. The standard InChI is InChI=1S/C13H24BrN5O2S.HI/c1-5-22(20,21)17-7-6-16-13(15-2)19(4)10-12-8-11(14)9-18(12)3;/h8-9,17H,5-7,10H2,1-4H3,(H,15,16);1H. The van der Waals surface area contributed by atoms with Crippen molar-refractivity contribution >= 4 is 55.9 Å². The fourth-order valence-electron chi connectivity index (χ4n) is 1.91. The Balaban J connectivity index is 0.00000484. The predicted molar refractivity (Wildman–Crippen MR) is 109 cm³/mol. The van der Waals surface area contributed by atoms with Crippen molar-refractivity contribution in [3.05, 3.63) is 22.4 Å². The number of aliphatic imine (C=N–C) groups is 1. The van der Waals surface area contributed by atoms with Crippen molar-refractivity contribution < 1.29 is 8.42 Å². The third-order valence-corrected chi connectivity index (χ3v) is 4.99. The van der Waals surface area contributed by atoms with Crippen LogP contribution in [0.5, 0.6) is 0 Å². The molecule has 0 bridgehead atoms. The van der Waals surface area contributed by atoms with Gasteiger partial charge in [-0.1, -0.05) is 0 Å². The van der Waals surface area contributed by atoms with Crippen molar-refractivity contribution in [3.8, 4) is 0 Å². The molecule has 1 heterocycles. The zero-order valence-electron chi connectivity index (χ0n) is 13.8. The Hall–Kier alpha value is -0.330. The molecular formula is C13H25BrIN5O2S. The Kier molecular flexibility index (Phi) is 10.4. The number of hydrogen-bond acceptors (Lipinski definition) is 3. The maximum atomic E-state index is 11.3. The van der Waals surface area contributed by atoms with Gasteiger partial charge < -0.3 is 14.8 Å². The number of guanidine groups is 1. The normalized spacial score (nSPS) is 12.0. The van der Waals surface area contributed by atoms with Crippen LogP contribution in [0.1, 0.15) is 12.6 Å². The summed E-state index contributed by atoms with van der Waals surface area (Å²) in [6.45, 7) is 3.12. The Morgan fingerprint density at radius 2 is 2.09 bits per heavy atom. The molecule has 0 saturated heterocycles. The van der Waals surface area contributed by atoms with E-state index in [-0.39, 0.29) is 29.7 Å². The number of nitrogens with zero attached hydrogens (tertiary/aromatic N) is 3. The predicted octanol–water partition coefficient (Wildman–Crippen LogP) is 1.35. The first kappa shape index (κ1) is 22.7. The highest BCUT2D eigenvalue weighted by molar-refractivity contribution is 14.0. The Morgan fingerprint density at radius 1 is 1.43 bits per heavy atom. The summed E-state index contributed by atoms with van der Waals surface area (Å²) >= 11 is 3.45. The molecule has 0 amide bonds. The second-order valence-electron chi connectivity index (χ2n) is 4.89. The van der Waals surface area contributed by atoms with E-state index in [4.69, 9.17) is 0 Å². The molecule has 2 N–H and O–H groups in total. The average molecular weight is 522 g/mol. The van der Waals surface area contributed by atoms with Crippen LogP contribution in [0.3, 0.4) is 0 Å². The molecule has 0 radical (unpaired) electrons. The van der Waals surface area contributed by atoms with Gasteiger partial charge in [-0.2, -0.15) is 0 Å². The number of aryl methyl sites for hydroxylation is 1. The van der Waals surface area contributed by atoms with Gasteiger partial charge in [0.1, 0.15) is 0 Å². The molecule has 0 spiro atoms. The summed E-state index contributed by atoms with van der Waals surface area (Å²) in [6, 6.07) is 2.05. The molecule has 1 rings (SSSR count). The summed E-state index contributed by atoms with van der Waals surface area (Å²) in [5.74, 6) is 0.803. The van der Waals surface area contributed by atoms with Crippen molar-refractivity contribution in [2.45, 2.75) is 13.5 Å². The molecule has 0 atom stereocenters. The lowest BCUT2D eigenvalue weighted by Gasteiger charge is -2.22. The Bertz CT molecular complexity index is 618. The molecule has 10 heteroatoms. The van der Waals surface area contributed by atoms with Crippen LogP contribution < -0.4 is 10.0 Å². The second-order valence-corrected chi connectivity index (χ2v) is 7.90. The first-order chi connectivity index (χ1) is 10.3. The maximum Gasteiger partial charge on any atom is 0.211 e. The molecule has 0 aromatic carbocycles. The van der Waals surface area contributed by atoms with E-state index < -0.39 is 10.0 Å². The zero-order chi connectivity index (χ0) is 16.8. The second kappa shape index (κ2) is 10.5. The van der Waals surface area contributed by atoms with Gasteiger partial charge in [-0.25, -0.2) is 13.1 Å². The van der Waals surface area contributed by atoms with Crippen LogP contribution in [-0.2, 0) is 23.6 Å². The summed E-state index contributed by atoms with van der Waals surface area (Å²) in [7, 11) is 2.48. The lowest BCUT2D eigenvalue weighted by Crippen LogP contribution is -2.42. The first-order valence-corrected chi connectivity index (χ1v) is 9.43. The fraction of sp³-hybridized carbons (Fsp3) is 0.615. The van der Waals surface area contributed by atoms with Crippen molar-refractivity contribution in [1.29, 1.82) is 0 Å². The number of hydrogen-bond donors (Lipinski definition) is 2. The van der Waals surface area contributed by atoms with Crippen LogP contribution in [-0.4, -0.2) is 56.8 Å². The third-order valence-electron chi connectivity index (χ3n) is 3.16. The molecule has 0 saturated carbocycles.